The summed E-state index contributed by atoms with van der Waals surface area (Å²) in [6.07, 6.45) is 1.22. The number of ether oxygens (including phenoxy) is 2. The van der Waals surface area contributed by atoms with Crippen LogP contribution in [0.2, 0.25) is 0 Å². The van der Waals surface area contributed by atoms with Crippen molar-refractivity contribution in [2.45, 2.75) is 19.4 Å². The number of nitrogens with one attached hydrogen (secondary N) is 1. The molecule has 1 rings (SSSR count). The molecule has 0 spiro atoms. The van der Waals surface area contributed by atoms with Crippen LogP contribution in [0.25, 0.3) is 0 Å². The number of methoxy groups -OCH3 is 1. The Hall–Kier alpha value is -0.710. The molecule has 0 aliphatic rings. The molecule has 19 heavy (non-hydrogen) atoms. The van der Waals surface area contributed by atoms with Gasteiger partial charge in [0.15, 0.2) is 0 Å². The fourth-order valence-corrected chi connectivity index (χ4v) is 2.85. The summed E-state index contributed by atoms with van der Waals surface area (Å²) in [6.45, 7) is 3.42. The third-order valence-electron chi connectivity index (χ3n) is 2.82. The topological polar surface area (TPSA) is 30.5 Å². The van der Waals surface area contributed by atoms with Crippen LogP contribution in [-0.4, -0.2) is 38.9 Å². The molecule has 0 heterocycles. The van der Waals surface area contributed by atoms with E-state index < -0.39 is 0 Å². The van der Waals surface area contributed by atoms with E-state index in [0.717, 1.165) is 11.5 Å². The van der Waals surface area contributed by atoms with Gasteiger partial charge in [-0.1, -0.05) is 25.1 Å². The van der Waals surface area contributed by atoms with E-state index in [0.29, 0.717) is 19.3 Å². The second-order valence-electron chi connectivity index (χ2n) is 4.30. The highest BCUT2D eigenvalue weighted by molar-refractivity contribution is 7.99. The van der Waals surface area contributed by atoms with Gasteiger partial charge in [0.2, 0.25) is 0 Å². The van der Waals surface area contributed by atoms with Gasteiger partial charge >= 0.3 is 0 Å². The quantitative estimate of drug-likeness (QED) is 0.668. The third kappa shape index (κ3) is 5.85. The van der Waals surface area contributed by atoms with E-state index in [1.54, 1.807) is 7.11 Å². The van der Waals surface area contributed by atoms with Crippen LogP contribution in [0.5, 0.6) is 5.75 Å². The summed E-state index contributed by atoms with van der Waals surface area (Å²) in [7, 11) is 3.69. The monoisotopic (exact) mass is 283 g/mol. The third-order valence-corrected chi connectivity index (χ3v) is 4.09. The fourth-order valence-electron chi connectivity index (χ4n) is 1.81. The molecule has 1 atom stereocenters. The molecule has 0 saturated heterocycles. The molecule has 0 saturated carbocycles. The van der Waals surface area contributed by atoms with Crippen LogP contribution in [0.4, 0.5) is 0 Å². The Bertz CT molecular complexity index is 347. The summed E-state index contributed by atoms with van der Waals surface area (Å²) in [6, 6.07) is 8.57. The van der Waals surface area contributed by atoms with Crippen molar-refractivity contribution >= 4 is 11.8 Å². The molecule has 0 aromatic heterocycles. The molecule has 0 amide bonds. The number of benzene rings is 1. The SMILES string of the molecule is CCCSCC(NC)c1ccccc1OCCOC. The molecule has 1 unspecified atom stereocenters. The zero-order chi connectivity index (χ0) is 13.9. The number of hydrogen-bond donors (Lipinski definition) is 1. The van der Waals surface area contributed by atoms with Crippen LogP contribution >= 0.6 is 11.8 Å². The van der Waals surface area contributed by atoms with Crippen LogP contribution in [-0.2, 0) is 4.74 Å². The average molecular weight is 283 g/mol. The Balaban J connectivity index is 2.66. The van der Waals surface area contributed by atoms with E-state index in [-0.39, 0.29) is 0 Å². The maximum absolute atomic E-state index is 5.79. The van der Waals surface area contributed by atoms with Crippen molar-refractivity contribution in [2.24, 2.45) is 0 Å². The van der Waals surface area contributed by atoms with Gasteiger partial charge in [-0.3, -0.25) is 0 Å². The van der Waals surface area contributed by atoms with Crippen LogP contribution in [0.3, 0.4) is 0 Å². The smallest absolute Gasteiger partial charge is 0.124 e. The van der Waals surface area contributed by atoms with Crippen molar-refractivity contribution < 1.29 is 9.47 Å². The van der Waals surface area contributed by atoms with Crippen molar-refractivity contribution in [1.29, 1.82) is 0 Å². The summed E-state index contributed by atoms with van der Waals surface area (Å²) in [5, 5.41) is 3.38. The van der Waals surface area contributed by atoms with Crippen molar-refractivity contribution in [3.8, 4) is 5.75 Å². The Morgan fingerprint density at radius 2 is 2.05 bits per heavy atom. The van der Waals surface area contributed by atoms with Gasteiger partial charge in [0, 0.05) is 24.5 Å². The molecule has 1 N–H and O–H groups in total. The van der Waals surface area contributed by atoms with Gasteiger partial charge in [0.05, 0.1) is 6.61 Å². The first kappa shape index (κ1) is 16.3. The molecule has 108 valence electrons. The second-order valence-corrected chi connectivity index (χ2v) is 5.45. The number of hydrogen-bond acceptors (Lipinski definition) is 4. The lowest BCUT2D eigenvalue weighted by atomic mass is 10.1. The molecule has 0 fully saturated rings. The highest BCUT2D eigenvalue weighted by Gasteiger charge is 2.14. The lowest BCUT2D eigenvalue weighted by Gasteiger charge is -2.20. The van der Waals surface area contributed by atoms with Crippen LogP contribution < -0.4 is 10.1 Å². The molecule has 0 aliphatic heterocycles. The Labute approximate surface area is 121 Å². The van der Waals surface area contributed by atoms with Gasteiger partial charge in [-0.25, -0.2) is 0 Å². The number of para-hydroxylation sites is 1. The molecule has 3 nitrogen and oxygen atoms in total. The van der Waals surface area contributed by atoms with Crippen LogP contribution in [0.15, 0.2) is 24.3 Å². The van der Waals surface area contributed by atoms with Crippen LogP contribution in [0, 0.1) is 0 Å². The first-order valence-electron chi connectivity index (χ1n) is 6.79. The highest BCUT2D eigenvalue weighted by atomic mass is 32.2. The van der Waals surface area contributed by atoms with E-state index in [9.17, 15) is 0 Å². The van der Waals surface area contributed by atoms with Gasteiger partial charge < -0.3 is 14.8 Å². The number of thioether (sulfide) groups is 1. The van der Waals surface area contributed by atoms with E-state index in [2.05, 4.69) is 24.4 Å². The van der Waals surface area contributed by atoms with Crippen molar-refractivity contribution in [1.82, 2.24) is 5.32 Å². The zero-order valence-electron chi connectivity index (χ0n) is 12.1. The van der Waals surface area contributed by atoms with Crippen molar-refractivity contribution in [3.63, 3.8) is 0 Å². The summed E-state index contributed by atoms with van der Waals surface area (Å²) in [5.41, 5.74) is 1.23. The predicted molar refractivity (Wildman–Crippen MR) is 83.2 cm³/mol. The normalized spacial score (nSPS) is 12.4. The van der Waals surface area contributed by atoms with E-state index >= 15 is 0 Å². The first-order valence-corrected chi connectivity index (χ1v) is 7.94. The average Bonchev–Trinajstić information content (AvgIpc) is 2.45. The van der Waals surface area contributed by atoms with Gasteiger partial charge in [0.1, 0.15) is 12.4 Å². The minimum Gasteiger partial charge on any atom is -0.491 e. The van der Waals surface area contributed by atoms with Gasteiger partial charge in [-0.05, 0) is 25.3 Å². The summed E-state index contributed by atoms with van der Waals surface area (Å²) in [4.78, 5) is 0. The van der Waals surface area contributed by atoms with Gasteiger partial charge in [-0.15, -0.1) is 0 Å². The van der Waals surface area contributed by atoms with Crippen molar-refractivity contribution in [3.05, 3.63) is 29.8 Å². The van der Waals surface area contributed by atoms with Crippen LogP contribution in [0.1, 0.15) is 24.9 Å². The lowest BCUT2D eigenvalue weighted by molar-refractivity contribution is 0.145. The zero-order valence-corrected chi connectivity index (χ0v) is 13.0. The first-order chi connectivity index (χ1) is 9.33. The molecular formula is C15H25NO2S. The highest BCUT2D eigenvalue weighted by Crippen LogP contribution is 2.27. The summed E-state index contributed by atoms with van der Waals surface area (Å²) >= 11 is 1.98. The molecule has 0 aliphatic carbocycles. The molecule has 1 aromatic carbocycles. The summed E-state index contributed by atoms with van der Waals surface area (Å²) in [5.74, 6) is 3.22. The molecular weight excluding hydrogens is 258 g/mol. The minimum absolute atomic E-state index is 0.329. The van der Waals surface area contributed by atoms with Gasteiger partial charge in [0.25, 0.3) is 0 Å². The predicted octanol–water partition coefficient (Wildman–Crippen LogP) is 3.12. The molecule has 4 heteroatoms. The largest absolute Gasteiger partial charge is 0.491 e. The number of rotatable bonds is 10. The van der Waals surface area contributed by atoms with E-state index in [1.807, 2.05) is 30.9 Å². The Morgan fingerprint density at radius 3 is 2.74 bits per heavy atom. The lowest BCUT2D eigenvalue weighted by Crippen LogP contribution is -2.20. The second kappa shape index (κ2) is 10.1. The molecule has 0 bridgehead atoms. The van der Waals surface area contributed by atoms with Crippen molar-refractivity contribution in [2.75, 3.05) is 38.9 Å². The van der Waals surface area contributed by atoms with E-state index in [4.69, 9.17) is 9.47 Å². The maximum atomic E-state index is 5.79. The summed E-state index contributed by atoms with van der Waals surface area (Å²) < 4.78 is 10.8. The van der Waals surface area contributed by atoms with Gasteiger partial charge in [-0.2, -0.15) is 11.8 Å². The van der Waals surface area contributed by atoms with E-state index in [1.165, 1.54) is 17.7 Å². The fraction of sp³-hybridized carbons (Fsp3) is 0.600. The Morgan fingerprint density at radius 1 is 1.26 bits per heavy atom. The molecule has 1 aromatic rings. The Kier molecular flexibility index (Phi) is 8.71. The maximum Gasteiger partial charge on any atom is 0.124 e. The molecule has 0 radical (unpaired) electrons. The standard InChI is InChI=1S/C15H25NO2S/c1-4-11-19-12-14(16-2)13-7-5-6-8-15(13)18-10-9-17-3/h5-8,14,16H,4,9-12H2,1-3H3. The minimum atomic E-state index is 0.329.